The number of rotatable bonds is 41. The van der Waals surface area contributed by atoms with E-state index in [1.807, 2.05) is 0 Å². The van der Waals surface area contributed by atoms with Crippen molar-refractivity contribution in [3.05, 3.63) is 0 Å². The molecule has 0 saturated heterocycles. The Bertz CT molecular complexity index is 731. The number of esters is 2. The first-order valence-corrected chi connectivity index (χ1v) is 22.7. The zero-order valence-electron chi connectivity index (χ0n) is 34.8. The summed E-state index contributed by atoms with van der Waals surface area (Å²) < 4.78 is 11.7. The Morgan fingerprint density at radius 1 is 0.412 bits per heavy atom. The summed E-state index contributed by atoms with van der Waals surface area (Å²) in [6.45, 7) is 13.2. The molecular weight excluding hydrogens is 634 g/mol. The topological polar surface area (TPSA) is 76.1 Å². The van der Waals surface area contributed by atoms with Crippen LogP contribution in [0.25, 0.3) is 0 Å². The number of aliphatic hydroxyl groups excluding tert-OH is 1. The first-order chi connectivity index (χ1) is 25.0. The summed E-state index contributed by atoms with van der Waals surface area (Å²) >= 11 is 0. The van der Waals surface area contributed by atoms with Crippen LogP contribution in [0.5, 0.6) is 0 Å². The molecule has 0 aromatic rings. The number of carbonyl (C=O) groups is 2. The number of hydrogen-bond acceptors (Lipinski definition) is 6. The highest BCUT2D eigenvalue weighted by molar-refractivity contribution is 5.72. The maximum Gasteiger partial charge on any atom is 0.308 e. The summed E-state index contributed by atoms with van der Waals surface area (Å²) in [4.78, 5) is 28.6. The van der Waals surface area contributed by atoms with Gasteiger partial charge in [0.1, 0.15) is 0 Å². The third kappa shape index (κ3) is 33.2. The molecule has 0 fully saturated rings. The van der Waals surface area contributed by atoms with E-state index in [2.05, 4.69) is 32.6 Å². The third-order valence-corrected chi connectivity index (χ3v) is 10.6. The van der Waals surface area contributed by atoms with Crippen LogP contribution in [0.1, 0.15) is 227 Å². The Morgan fingerprint density at radius 3 is 1.04 bits per heavy atom. The normalized spacial score (nSPS) is 12.7. The van der Waals surface area contributed by atoms with E-state index < -0.39 is 0 Å². The predicted octanol–water partition coefficient (Wildman–Crippen LogP) is 12.8. The number of carbonyl (C=O) groups excluding carboxylic acids is 2. The van der Waals surface area contributed by atoms with E-state index in [9.17, 15) is 14.7 Å². The lowest BCUT2D eigenvalue weighted by Crippen LogP contribution is -2.28. The fourth-order valence-electron chi connectivity index (χ4n) is 7.15. The van der Waals surface area contributed by atoms with Crippen LogP contribution in [0, 0.1) is 11.8 Å². The van der Waals surface area contributed by atoms with Gasteiger partial charge in [-0.25, -0.2) is 0 Å². The highest BCUT2D eigenvalue weighted by Crippen LogP contribution is 2.22. The van der Waals surface area contributed by atoms with E-state index >= 15 is 0 Å². The van der Waals surface area contributed by atoms with Gasteiger partial charge in [-0.15, -0.1) is 0 Å². The zero-order valence-corrected chi connectivity index (χ0v) is 34.8. The first-order valence-electron chi connectivity index (χ1n) is 22.7. The average Bonchev–Trinajstić information content (AvgIpc) is 3.13. The molecular formula is C45H89NO5. The summed E-state index contributed by atoms with van der Waals surface area (Å²) in [5, 5.41) is 9.32. The van der Waals surface area contributed by atoms with Gasteiger partial charge in [0.2, 0.25) is 0 Å². The van der Waals surface area contributed by atoms with E-state index in [4.69, 9.17) is 9.47 Å². The van der Waals surface area contributed by atoms with Crippen LogP contribution in [0.4, 0.5) is 0 Å². The van der Waals surface area contributed by atoms with Gasteiger partial charge in [0.25, 0.3) is 0 Å². The number of aliphatic hydroxyl groups is 1. The highest BCUT2D eigenvalue weighted by Gasteiger charge is 2.20. The van der Waals surface area contributed by atoms with Crippen molar-refractivity contribution in [2.75, 3.05) is 39.5 Å². The van der Waals surface area contributed by atoms with E-state index in [1.54, 1.807) is 0 Å². The molecule has 0 aromatic carbocycles. The average molecular weight is 724 g/mol. The summed E-state index contributed by atoms with van der Waals surface area (Å²) in [6.07, 6.45) is 35.6. The molecule has 0 rings (SSSR count). The monoisotopic (exact) mass is 724 g/mol. The zero-order chi connectivity index (χ0) is 37.5. The Balaban J connectivity index is 4.57. The van der Waals surface area contributed by atoms with Gasteiger partial charge in [-0.3, -0.25) is 9.59 Å². The quantitative estimate of drug-likeness (QED) is 0.0500. The SMILES string of the molecule is CCCCCCCCCC(CCCCCC)C(=O)OCCCCN(CCCCO)CCCCOC(=O)C(CCCCCC)CCCCCCCC. The van der Waals surface area contributed by atoms with Gasteiger partial charge in [-0.2, -0.15) is 0 Å². The van der Waals surface area contributed by atoms with E-state index in [1.165, 1.54) is 109 Å². The lowest BCUT2D eigenvalue weighted by Gasteiger charge is -2.22. The van der Waals surface area contributed by atoms with Crippen molar-refractivity contribution in [1.82, 2.24) is 4.90 Å². The molecule has 0 bridgehead atoms. The molecule has 2 unspecified atom stereocenters. The molecule has 0 saturated carbocycles. The molecule has 304 valence electrons. The van der Waals surface area contributed by atoms with Crippen LogP contribution < -0.4 is 0 Å². The first kappa shape index (κ1) is 49.9. The predicted molar refractivity (Wildman–Crippen MR) is 218 cm³/mol. The van der Waals surface area contributed by atoms with E-state index in [0.29, 0.717) is 13.2 Å². The molecule has 0 aromatic heterocycles. The number of nitrogens with zero attached hydrogens (tertiary/aromatic N) is 1. The summed E-state index contributed by atoms with van der Waals surface area (Å²) in [5.41, 5.74) is 0. The molecule has 0 aliphatic heterocycles. The van der Waals surface area contributed by atoms with Crippen molar-refractivity contribution in [2.24, 2.45) is 11.8 Å². The molecule has 0 aliphatic carbocycles. The minimum Gasteiger partial charge on any atom is -0.465 e. The largest absolute Gasteiger partial charge is 0.465 e. The molecule has 1 N–H and O–H groups in total. The van der Waals surface area contributed by atoms with Crippen LogP contribution in [-0.4, -0.2) is 61.4 Å². The van der Waals surface area contributed by atoms with E-state index in [0.717, 1.165) is 110 Å². The molecule has 6 nitrogen and oxygen atoms in total. The van der Waals surface area contributed by atoms with Gasteiger partial charge < -0.3 is 19.5 Å². The van der Waals surface area contributed by atoms with Gasteiger partial charge in [-0.1, -0.05) is 163 Å². The van der Waals surface area contributed by atoms with Crippen LogP contribution in [0.3, 0.4) is 0 Å². The molecule has 51 heavy (non-hydrogen) atoms. The lowest BCUT2D eigenvalue weighted by atomic mass is 9.94. The van der Waals surface area contributed by atoms with Crippen LogP contribution in [0.2, 0.25) is 0 Å². The standard InChI is InChI=1S/C45H89NO5/c1-5-9-13-17-19-21-25-35-43(33-23-16-12-8-4)45(49)51-41-31-28-38-46(36-26-29-39-47)37-27-30-40-50-44(48)42(32-22-15-11-7-3)34-24-20-18-14-10-6-2/h42-43,47H,5-41H2,1-4H3. The van der Waals surface area contributed by atoms with Crippen LogP contribution >= 0.6 is 0 Å². The molecule has 0 radical (unpaired) electrons. The molecule has 0 heterocycles. The Hall–Kier alpha value is -1.14. The Labute approximate surface area is 318 Å². The van der Waals surface area contributed by atoms with Crippen molar-refractivity contribution in [3.63, 3.8) is 0 Å². The number of unbranched alkanes of at least 4 members (excludes halogenated alkanes) is 20. The molecule has 0 amide bonds. The summed E-state index contributed by atoms with van der Waals surface area (Å²) in [6, 6.07) is 0. The molecule has 2 atom stereocenters. The summed E-state index contributed by atoms with van der Waals surface area (Å²) in [7, 11) is 0. The summed E-state index contributed by atoms with van der Waals surface area (Å²) in [5.74, 6) is 0.184. The van der Waals surface area contributed by atoms with E-state index in [-0.39, 0.29) is 30.4 Å². The minimum absolute atomic E-state index is 0.0278. The fraction of sp³-hybridized carbons (Fsp3) is 0.956. The van der Waals surface area contributed by atoms with Gasteiger partial charge in [0, 0.05) is 6.61 Å². The van der Waals surface area contributed by atoms with Gasteiger partial charge in [0.05, 0.1) is 25.0 Å². The van der Waals surface area contributed by atoms with Crippen LogP contribution in [0.15, 0.2) is 0 Å². The second-order valence-corrected chi connectivity index (χ2v) is 15.6. The Morgan fingerprint density at radius 2 is 0.706 bits per heavy atom. The van der Waals surface area contributed by atoms with Gasteiger partial charge >= 0.3 is 11.9 Å². The van der Waals surface area contributed by atoms with Gasteiger partial charge in [-0.05, 0) is 83.8 Å². The lowest BCUT2D eigenvalue weighted by molar-refractivity contribution is -0.150. The maximum absolute atomic E-state index is 13.1. The second kappa shape index (κ2) is 40.1. The van der Waals surface area contributed by atoms with Crippen molar-refractivity contribution >= 4 is 11.9 Å². The van der Waals surface area contributed by atoms with Gasteiger partial charge in [0.15, 0.2) is 0 Å². The molecule has 6 heteroatoms. The van der Waals surface area contributed by atoms with Crippen molar-refractivity contribution in [1.29, 1.82) is 0 Å². The second-order valence-electron chi connectivity index (χ2n) is 15.6. The molecule has 0 aliphatic rings. The maximum atomic E-state index is 13.1. The van der Waals surface area contributed by atoms with Crippen LogP contribution in [-0.2, 0) is 19.1 Å². The number of ether oxygens (including phenoxy) is 2. The van der Waals surface area contributed by atoms with Crippen molar-refractivity contribution in [3.8, 4) is 0 Å². The Kier molecular flexibility index (Phi) is 39.2. The van der Waals surface area contributed by atoms with Crippen molar-refractivity contribution < 1.29 is 24.2 Å². The van der Waals surface area contributed by atoms with Crippen molar-refractivity contribution in [2.45, 2.75) is 227 Å². The smallest absolute Gasteiger partial charge is 0.308 e. The number of hydrogen-bond donors (Lipinski definition) is 1. The highest BCUT2D eigenvalue weighted by atomic mass is 16.5. The minimum atomic E-state index is 0.0278. The fourth-order valence-corrected chi connectivity index (χ4v) is 7.15. The molecule has 0 spiro atoms. The third-order valence-electron chi connectivity index (χ3n) is 10.6.